The summed E-state index contributed by atoms with van der Waals surface area (Å²) in [5.74, 6) is -0.270. The Morgan fingerprint density at radius 2 is 1.75 bits per heavy atom. The fraction of sp³-hybridized carbons (Fsp3) is 0.515. The number of nitrogens with one attached hydrogen (secondary N) is 6. The van der Waals surface area contributed by atoms with Gasteiger partial charge in [0.05, 0.1) is 53.6 Å². The quantitative estimate of drug-likeness (QED) is 0.0249. The van der Waals surface area contributed by atoms with Gasteiger partial charge in [-0.15, -0.1) is 0 Å². The van der Waals surface area contributed by atoms with Crippen LogP contribution in [0.5, 0.6) is 0 Å². The van der Waals surface area contributed by atoms with Gasteiger partial charge in [0.25, 0.3) is 11.5 Å². The first-order valence-electron chi connectivity index (χ1n) is 16.6. The summed E-state index contributed by atoms with van der Waals surface area (Å²) in [7, 11) is 0. The molecule has 2 amide bonds. The highest BCUT2D eigenvalue weighted by Crippen LogP contribution is 2.13. The third kappa shape index (κ3) is 12.6. The van der Waals surface area contributed by atoms with Crippen molar-refractivity contribution in [2.45, 2.75) is 84.5 Å². The molecular weight excluding hydrogens is 678 g/mol. The SMILES string of the molecule is C/C(=N/O)C(C)(C)NOCCNC(C)(C)/C(CCNC(=O)CCC(COO)NC(=O)c1ccc(NCc2cnc3nc(C)[nH]c(=O)c3n2)cc1)=N\O. The molecule has 1 aromatic carbocycles. The molecule has 0 aliphatic heterocycles. The highest BCUT2D eigenvalue weighted by atomic mass is 17.1. The van der Waals surface area contributed by atoms with Crippen LogP contribution in [0.1, 0.15) is 75.8 Å². The van der Waals surface area contributed by atoms with E-state index in [1.807, 2.05) is 13.8 Å². The number of oxime groups is 2. The fourth-order valence-electron chi connectivity index (χ4n) is 4.79. The number of carbonyl (C=O) groups excluding carboxylic acids is 2. The number of aryl methyl sites for hydroxylation is 1. The van der Waals surface area contributed by atoms with E-state index in [1.54, 1.807) is 52.0 Å². The summed E-state index contributed by atoms with van der Waals surface area (Å²) in [6, 6.07) is 5.98. The monoisotopic (exact) mass is 727 g/mol. The molecule has 0 aliphatic rings. The minimum Gasteiger partial charge on any atom is -0.411 e. The largest absolute Gasteiger partial charge is 0.411 e. The van der Waals surface area contributed by atoms with Gasteiger partial charge < -0.3 is 36.7 Å². The number of rotatable bonds is 21. The lowest BCUT2D eigenvalue weighted by Gasteiger charge is -2.28. The van der Waals surface area contributed by atoms with E-state index in [0.29, 0.717) is 40.7 Å². The van der Waals surface area contributed by atoms with Crippen molar-refractivity contribution in [1.82, 2.24) is 41.4 Å². The number of hydrogen-bond acceptors (Lipinski definition) is 16. The molecule has 52 heavy (non-hydrogen) atoms. The molecule has 284 valence electrons. The first kappa shape index (κ1) is 41.3. The molecule has 19 heteroatoms. The van der Waals surface area contributed by atoms with Crippen LogP contribution in [-0.4, -0.2) is 102 Å². The van der Waals surface area contributed by atoms with E-state index in [1.165, 1.54) is 6.20 Å². The highest BCUT2D eigenvalue weighted by Gasteiger charge is 2.26. The van der Waals surface area contributed by atoms with Crippen LogP contribution in [0.4, 0.5) is 5.69 Å². The molecule has 19 nitrogen and oxygen atoms in total. The number of hydrogen-bond donors (Lipinski definition) is 9. The molecule has 1 unspecified atom stereocenters. The van der Waals surface area contributed by atoms with Gasteiger partial charge in [-0.05, 0) is 72.2 Å². The number of H-pyrrole nitrogens is 1. The Bertz CT molecular complexity index is 1760. The normalized spacial score (nSPS) is 13.2. The number of anilines is 1. The maximum atomic E-state index is 12.9. The third-order valence-electron chi connectivity index (χ3n) is 8.22. The zero-order valence-corrected chi connectivity index (χ0v) is 30.2. The summed E-state index contributed by atoms with van der Waals surface area (Å²) >= 11 is 0. The number of amides is 2. The molecule has 0 aliphatic carbocycles. The van der Waals surface area contributed by atoms with Gasteiger partial charge in [-0.3, -0.25) is 24.5 Å². The van der Waals surface area contributed by atoms with Gasteiger partial charge in [-0.2, -0.15) is 5.48 Å². The Balaban J connectivity index is 1.40. The summed E-state index contributed by atoms with van der Waals surface area (Å²) in [4.78, 5) is 62.8. The number of aromatic amines is 1. The van der Waals surface area contributed by atoms with Crippen LogP contribution in [0.2, 0.25) is 0 Å². The molecule has 0 spiro atoms. The van der Waals surface area contributed by atoms with Crippen molar-refractivity contribution in [1.29, 1.82) is 0 Å². The molecule has 9 N–H and O–H groups in total. The molecule has 0 bridgehead atoms. The predicted octanol–water partition coefficient (Wildman–Crippen LogP) is 1.86. The van der Waals surface area contributed by atoms with Crippen LogP contribution in [0.25, 0.3) is 11.2 Å². The number of fused-ring (bicyclic) bond motifs is 1. The Kier molecular flexibility index (Phi) is 15.5. The van der Waals surface area contributed by atoms with Crippen LogP contribution in [0.15, 0.2) is 45.6 Å². The number of benzene rings is 1. The van der Waals surface area contributed by atoms with Crippen molar-refractivity contribution in [3.05, 3.63) is 57.9 Å². The number of hydroxylamine groups is 1. The second kappa shape index (κ2) is 19.5. The first-order chi connectivity index (χ1) is 24.7. The zero-order chi connectivity index (χ0) is 38.3. The van der Waals surface area contributed by atoms with Crippen LogP contribution >= 0.6 is 0 Å². The van der Waals surface area contributed by atoms with Crippen LogP contribution < -0.4 is 32.3 Å². The lowest BCUT2D eigenvalue weighted by atomic mass is 9.95. The molecule has 0 saturated carbocycles. The standard InChI is InChI=1S/C33H49N11O8/c1-20(42-48)32(3,4)44-51-16-15-37-33(5,6)26(43-49)13-14-34-27(45)12-11-24(19-52-50)41-30(46)22-7-9-23(10-8-22)35-17-25-18-36-29-28(40-25)31(47)39-21(2)38-29/h7-10,18,24,35,37,44,48-50H,11-17,19H2,1-6H3,(H,34,45)(H,41,46)(H,36,38,39,47)/b42-20-,43-26-. The first-order valence-corrected chi connectivity index (χ1v) is 16.6. The Labute approximate surface area is 300 Å². The van der Waals surface area contributed by atoms with E-state index in [9.17, 15) is 19.6 Å². The molecule has 0 fully saturated rings. The topological polar surface area (TPSA) is 270 Å². The lowest BCUT2D eigenvalue weighted by molar-refractivity contribution is -0.246. The van der Waals surface area contributed by atoms with Crippen molar-refractivity contribution in [2.75, 3.05) is 31.6 Å². The number of nitrogens with zero attached hydrogens (tertiary/aromatic N) is 5. The maximum Gasteiger partial charge on any atom is 0.279 e. The second-order valence-electron chi connectivity index (χ2n) is 13.1. The molecule has 0 radical (unpaired) electrons. The van der Waals surface area contributed by atoms with E-state index in [0.717, 1.165) is 0 Å². The highest BCUT2D eigenvalue weighted by molar-refractivity contribution is 5.95. The molecule has 2 aromatic heterocycles. The Hall–Kier alpha value is -5.08. The number of aromatic nitrogens is 4. The molecule has 3 rings (SSSR count). The van der Waals surface area contributed by atoms with E-state index in [4.69, 9.17) is 15.3 Å². The van der Waals surface area contributed by atoms with E-state index >= 15 is 0 Å². The van der Waals surface area contributed by atoms with E-state index in [-0.39, 0.29) is 68.2 Å². The number of carbonyl (C=O) groups is 2. The van der Waals surface area contributed by atoms with Gasteiger partial charge >= 0.3 is 0 Å². The third-order valence-corrected chi connectivity index (χ3v) is 8.22. The van der Waals surface area contributed by atoms with Gasteiger partial charge in [-0.1, -0.05) is 10.3 Å². The van der Waals surface area contributed by atoms with Crippen LogP contribution in [0, 0.1) is 6.92 Å². The minimum atomic E-state index is -0.714. The van der Waals surface area contributed by atoms with E-state index < -0.39 is 23.0 Å². The van der Waals surface area contributed by atoms with Gasteiger partial charge in [-0.25, -0.2) is 19.8 Å². The average Bonchev–Trinajstić information content (AvgIpc) is 3.11. The second-order valence-corrected chi connectivity index (χ2v) is 13.1. The van der Waals surface area contributed by atoms with Crippen molar-refractivity contribution in [3.8, 4) is 0 Å². The summed E-state index contributed by atoms with van der Waals surface area (Å²) < 4.78 is 0. The molecule has 0 saturated heterocycles. The van der Waals surface area contributed by atoms with Gasteiger partial charge in [0.1, 0.15) is 12.4 Å². The summed E-state index contributed by atoms with van der Waals surface area (Å²) in [6.07, 6.45) is 2.01. The van der Waals surface area contributed by atoms with E-state index in [2.05, 4.69) is 61.9 Å². The van der Waals surface area contributed by atoms with Crippen molar-refractivity contribution >= 4 is 40.1 Å². The summed E-state index contributed by atoms with van der Waals surface area (Å²) in [5, 5.41) is 46.2. The van der Waals surface area contributed by atoms with Gasteiger partial charge in [0, 0.05) is 37.2 Å². The van der Waals surface area contributed by atoms with Gasteiger partial charge in [0.2, 0.25) is 5.91 Å². The molecule has 2 heterocycles. The molecule has 3 aromatic rings. The maximum absolute atomic E-state index is 12.9. The van der Waals surface area contributed by atoms with Gasteiger partial charge in [0.15, 0.2) is 11.2 Å². The Morgan fingerprint density at radius 3 is 2.42 bits per heavy atom. The minimum absolute atomic E-state index is 0.0325. The van der Waals surface area contributed by atoms with Crippen LogP contribution in [-0.2, 0) is 21.1 Å². The average molecular weight is 728 g/mol. The van der Waals surface area contributed by atoms with Crippen molar-refractivity contribution < 1.29 is 35.0 Å². The molecular formula is C33H49N11O8. The summed E-state index contributed by atoms with van der Waals surface area (Å²) in [5.41, 5.74) is 3.94. The lowest BCUT2D eigenvalue weighted by Crippen LogP contribution is -2.50. The molecule has 1 atom stereocenters. The smallest absolute Gasteiger partial charge is 0.279 e. The fourth-order valence-corrected chi connectivity index (χ4v) is 4.79. The zero-order valence-electron chi connectivity index (χ0n) is 30.2. The summed E-state index contributed by atoms with van der Waals surface area (Å²) in [6.45, 7) is 11.5. The van der Waals surface area contributed by atoms with Crippen LogP contribution in [0.3, 0.4) is 0 Å². The van der Waals surface area contributed by atoms with Crippen molar-refractivity contribution in [3.63, 3.8) is 0 Å². The van der Waals surface area contributed by atoms with Crippen molar-refractivity contribution in [2.24, 2.45) is 10.3 Å². The predicted molar refractivity (Wildman–Crippen MR) is 193 cm³/mol. The Morgan fingerprint density at radius 1 is 1.02 bits per heavy atom.